The van der Waals surface area contributed by atoms with Crippen LogP contribution in [-0.2, 0) is 0 Å². The van der Waals surface area contributed by atoms with Crippen LogP contribution >= 0.6 is 11.6 Å². The van der Waals surface area contributed by atoms with Gasteiger partial charge >= 0.3 is 0 Å². The number of aromatic nitrogens is 1. The van der Waals surface area contributed by atoms with Crippen molar-refractivity contribution in [2.45, 2.75) is 6.92 Å². The van der Waals surface area contributed by atoms with Crippen LogP contribution in [0.1, 0.15) is 32.0 Å². The molecule has 0 spiro atoms. The zero-order valence-corrected chi connectivity index (χ0v) is 15.7. The minimum absolute atomic E-state index is 0.215. The summed E-state index contributed by atoms with van der Waals surface area (Å²) < 4.78 is 5.83. The Hall–Kier alpha value is -3.44. The van der Waals surface area contributed by atoms with Crippen LogP contribution in [0.2, 0.25) is 5.02 Å². The molecule has 0 aliphatic heterocycles. The number of amides is 1. The Morgan fingerprint density at radius 3 is 2.39 bits per heavy atom. The second-order valence-corrected chi connectivity index (χ2v) is 6.73. The van der Waals surface area contributed by atoms with Crippen LogP contribution in [-0.4, -0.2) is 16.7 Å². The molecule has 28 heavy (non-hydrogen) atoms. The van der Waals surface area contributed by atoms with E-state index in [1.807, 2.05) is 13.0 Å². The highest BCUT2D eigenvalue weighted by molar-refractivity contribution is 6.30. The molecule has 0 fully saturated rings. The number of pyridine rings is 1. The highest BCUT2D eigenvalue weighted by atomic mass is 35.5. The summed E-state index contributed by atoms with van der Waals surface area (Å²) in [5.74, 6) is -0.190. The monoisotopic (exact) mass is 390 g/mol. The number of hydrogen-bond donors (Lipinski definition) is 1. The summed E-state index contributed by atoms with van der Waals surface area (Å²) in [6.45, 7) is 1.84. The van der Waals surface area contributed by atoms with Crippen LogP contribution in [0, 0.1) is 6.92 Å². The van der Waals surface area contributed by atoms with Crippen molar-refractivity contribution in [1.29, 1.82) is 0 Å². The van der Waals surface area contributed by atoms with E-state index >= 15 is 0 Å². The van der Waals surface area contributed by atoms with E-state index < -0.39 is 0 Å². The molecule has 4 aromatic rings. The van der Waals surface area contributed by atoms with Crippen molar-refractivity contribution in [3.05, 3.63) is 94.5 Å². The van der Waals surface area contributed by atoms with Gasteiger partial charge in [-0.15, -0.1) is 0 Å². The van der Waals surface area contributed by atoms with E-state index in [-0.39, 0.29) is 17.5 Å². The van der Waals surface area contributed by atoms with Crippen molar-refractivity contribution in [2.24, 2.45) is 0 Å². The predicted molar refractivity (Wildman–Crippen MR) is 108 cm³/mol. The molecule has 2 aromatic heterocycles. The molecule has 1 N–H and O–H groups in total. The number of ketones is 1. The van der Waals surface area contributed by atoms with Gasteiger partial charge in [-0.25, -0.2) is 0 Å². The van der Waals surface area contributed by atoms with E-state index in [9.17, 15) is 9.59 Å². The minimum atomic E-state index is -0.248. The SMILES string of the molecule is Cc1c(C(=O)c2ccc(Cl)cc2)oc2cc(NC(=O)c3ccncc3)ccc12. The van der Waals surface area contributed by atoms with E-state index in [1.165, 1.54) is 0 Å². The Morgan fingerprint density at radius 2 is 1.68 bits per heavy atom. The van der Waals surface area contributed by atoms with Gasteiger partial charge in [0.25, 0.3) is 5.91 Å². The summed E-state index contributed by atoms with van der Waals surface area (Å²) in [5, 5.41) is 4.20. The minimum Gasteiger partial charge on any atom is -0.452 e. The van der Waals surface area contributed by atoms with Crippen molar-refractivity contribution in [3.63, 3.8) is 0 Å². The quantitative estimate of drug-likeness (QED) is 0.481. The first-order chi connectivity index (χ1) is 13.5. The molecule has 138 valence electrons. The van der Waals surface area contributed by atoms with Gasteiger partial charge in [0.15, 0.2) is 5.76 Å². The Kier molecular flexibility index (Phi) is 4.67. The number of aryl methyl sites for hydroxylation is 1. The summed E-state index contributed by atoms with van der Waals surface area (Å²) in [4.78, 5) is 29.0. The lowest BCUT2D eigenvalue weighted by atomic mass is 10.0. The molecular formula is C22H15ClN2O3. The molecule has 0 saturated carbocycles. The molecule has 6 heteroatoms. The van der Waals surface area contributed by atoms with Crippen molar-refractivity contribution in [3.8, 4) is 0 Å². The normalized spacial score (nSPS) is 10.8. The lowest BCUT2D eigenvalue weighted by molar-refractivity contribution is 0.101. The summed E-state index contributed by atoms with van der Waals surface area (Å²) in [6.07, 6.45) is 3.12. The summed E-state index contributed by atoms with van der Waals surface area (Å²) in [6, 6.07) is 15.2. The van der Waals surface area contributed by atoms with Crippen LogP contribution in [0.25, 0.3) is 11.0 Å². The second-order valence-electron chi connectivity index (χ2n) is 6.29. The Balaban J connectivity index is 1.65. The lowest BCUT2D eigenvalue weighted by Gasteiger charge is -2.04. The van der Waals surface area contributed by atoms with Crippen molar-refractivity contribution < 1.29 is 14.0 Å². The number of hydrogen-bond acceptors (Lipinski definition) is 4. The first-order valence-corrected chi connectivity index (χ1v) is 8.95. The molecule has 1 amide bonds. The van der Waals surface area contributed by atoms with Crippen molar-refractivity contribution in [1.82, 2.24) is 4.98 Å². The number of nitrogens with one attached hydrogen (secondary N) is 1. The predicted octanol–water partition coefficient (Wildman–Crippen LogP) is 5.27. The van der Waals surface area contributed by atoms with Gasteiger partial charge in [0.1, 0.15) is 5.58 Å². The van der Waals surface area contributed by atoms with Crippen LogP contribution in [0.4, 0.5) is 5.69 Å². The molecule has 0 aliphatic carbocycles. The number of carbonyl (C=O) groups excluding carboxylic acids is 2. The standard InChI is InChI=1S/C22H15ClN2O3/c1-13-18-7-6-17(25-22(27)15-8-10-24-11-9-15)12-19(18)28-21(13)20(26)14-2-4-16(23)5-3-14/h2-12H,1H3,(H,25,27). The average Bonchev–Trinajstić information content (AvgIpc) is 3.04. The molecule has 0 radical (unpaired) electrons. The third-order valence-electron chi connectivity index (χ3n) is 4.45. The first kappa shape index (κ1) is 17.9. The molecule has 5 nitrogen and oxygen atoms in total. The van der Waals surface area contributed by atoms with Gasteiger partial charge in [-0.2, -0.15) is 0 Å². The number of halogens is 1. The topological polar surface area (TPSA) is 72.2 Å². The van der Waals surface area contributed by atoms with Gasteiger partial charge in [0.05, 0.1) is 0 Å². The van der Waals surface area contributed by atoms with Gasteiger partial charge in [-0.3, -0.25) is 14.6 Å². The molecule has 0 atom stereocenters. The Bertz CT molecular complexity index is 1180. The molecule has 0 bridgehead atoms. The summed E-state index contributed by atoms with van der Waals surface area (Å²) in [7, 11) is 0. The number of rotatable bonds is 4. The molecule has 0 aliphatic rings. The maximum Gasteiger partial charge on any atom is 0.255 e. The average molecular weight is 391 g/mol. The van der Waals surface area contributed by atoms with E-state index in [0.717, 1.165) is 10.9 Å². The van der Waals surface area contributed by atoms with Crippen molar-refractivity contribution in [2.75, 3.05) is 5.32 Å². The van der Waals surface area contributed by atoms with Gasteiger partial charge in [0.2, 0.25) is 5.78 Å². The molecular weight excluding hydrogens is 376 g/mol. The fraction of sp³-hybridized carbons (Fsp3) is 0.0455. The Labute approximate surface area is 166 Å². The fourth-order valence-corrected chi connectivity index (χ4v) is 3.08. The van der Waals surface area contributed by atoms with E-state index in [2.05, 4.69) is 10.3 Å². The number of furan rings is 1. The zero-order valence-electron chi connectivity index (χ0n) is 14.9. The van der Waals surface area contributed by atoms with Crippen molar-refractivity contribution >= 4 is 39.9 Å². The first-order valence-electron chi connectivity index (χ1n) is 8.58. The highest BCUT2D eigenvalue weighted by Crippen LogP contribution is 2.29. The Morgan fingerprint density at radius 1 is 0.964 bits per heavy atom. The lowest BCUT2D eigenvalue weighted by Crippen LogP contribution is -2.11. The maximum atomic E-state index is 12.8. The largest absolute Gasteiger partial charge is 0.452 e. The van der Waals surface area contributed by atoms with Gasteiger partial charge in [-0.05, 0) is 55.5 Å². The summed E-state index contributed by atoms with van der Waals surface area (Å²) in [5.41, 5.74) is 2.86. The zero-order chi connectivity index (χ0) is 19.7. The number of benzene rings is 2. The fourth-order valence-electron chi connectivity index (χ4n) is 2.96. The molecule has 2 aromatic carbocycles. The molecule has 0 saturated heterocycles. The van der Waals surface area contributed by atoms with Crippen LogP contribution < -0.4 is 5.32 Å². The van der Waals surface area contributed by atoms with Crippen LogP contribution in [0.15, 0.2) is 71.4 Å². The van der Waals surface area contributed by atoms with E-state index in [4.69, 9.17) is 16.0 Å². The third kappa shape index (κ3) is 3.40. The van der Waals surface area contributed by atoms with Crippen LogP contribution in [0.3, 0.4) is 0 Å². The van der Waals surface area contributed by atoms with Gasteiger partial charge < -0.3 is 9.73 Å². The van der Waals surface area contributed by atoms with Crippen LogP contribution in [0.5, 0.6) is 0 Å². The number of carbonyl (C=O) groups is 2. The van der Waals surface area contributed by atoms with E-state index in [0.29, 0.717) is 27.4 Å². The number of fused-ring (bicyclic) bond motifs is 1. The number of anilines is 1. The second kappa shape index (κ2) is 7.29. The third-order valence-corrected chi connectivity index (χ3v) is 4.70. The molecule has 2 heterocycles. The smallest absolute Gasteiger partial charge is 0.255 e. The van der Waals surface area contributed by atoms with Gasteiger partial charge in [-0.1, -0.05) is 11.6 Å². The van der Waals surface area contributed by atoms with Gasteiger partial charge in [0, 0.05) is 51.2 Å². The van der Waals surface area contributed by atoms with E-state index in [1.54, 1.807) is 60.9 Å². The number of nitrogens with zero attached hydrogens (tertiary/aromatic N) is 1. The molecule has 4 rings (SSSR count). The maximum absolute atomic E-state index is 12.8. The molecule has 0 unspecified atom stereocenters. The summed E-state index contributed by atoms with van der Waals surface area (Å²) >= 11 is 5.89. The highest BCUT2D eigenvalue weighted by Gasteiger charge is 2.19.